The second kappa shape index (κ2) is 9.02. The van der Waals surface area contributed by atoms with Crippen molar-refractivity contribution in [2.75, 3.05) is 20.3 Å². The number of carbonyl (C=O) groups is 3. The zero-order valence-corrected chi connectivity index (χ0v) is 19.4. The molecule has 2 heterocycles. The Hall–Kier alpha value is -2.35. The number of urea groups is 1. The summed E-state index contributed by atoms with van der Waals surface area (Å²) in [7, 11) is 1.65. The first kappa shape index (κ1) is 23.3. The van der Waals surface area contributed by atoms with Crippen molar-refractivity contribution >= 4 is 40.9 Å². The van der Waals surface area contributed by atoms with E-state index in [2.05, 4.69) is 5.32 Å². The molecule has 1 fully saturated rings. The zero-order valence-electron chi connectivity index (χ0n) is 17.9. The van der Waals surface area contributed by atoms with Crippen LogP contribution in [0.3, 0.4) is 0 Å². The monoisotopic (exact) mass is 465 g/mol. The minimum Gasteiger partial charge on any atom is -0.385 e. The molecular weight excluding hydrogens is 441 g/mol. The van der Waals surface area contributed by atoms with Gasteiger partial charge in [0.15, 0.2) is 5.78 Å². The summed E-state index contributed by atoms with van der Waals surface area (Å²) in [5, 5.41) is 3.30. The number of halogens is 2. The highest BCUT2D eigenvalue weighted by Crippen LogP contribution is 2.33. The molecule has 9 heteroatoms. The molecule has 3 rings (SSSR count). The van der Waals surface area contributed by atoms with Gasteiger partial charge in [0.05, 0.1) is 16.6 Å². The number of Topliss-reactive ketones (excluding diaryl/α,β-unsaturated/α-hetero) is 1. The van der Waals surface area contributed by atoms with Gasteiger partial charge < -0.3 is 14.6 Å². The third-order valence-electron chi connectivity index (χ3n) is 5.68. The van der Waals surface area contributed by atoms with Gasteiger partial charge in [-0.3, -0.25) is 14.5 Å². The van der Waals surface area contributed by atoms with E-state index in [1.165, 1.54) is 0 Å². The first-order chi connectivity index (χ1) is 14.6. The van der Waals surface area contributed by atoms with E-state index in [9.17, 15) is 14.4 Å². The molecule has 1 aliphatic rings. The maximum absolute atomic E-state index is 13.1. The number of imide groups is 1. The third-order valence-corrected chi connectivity index (χ3v) is 6.42. The molecule has 31 heavy (non-hydrogen) atoms. The molecule has 166 valence electrons. The lowest BCUT2D eigenvalue weighted by Crippen LogP contribution is -2.41. The van der Waals surface area contributed by atoms with Gasteiger partial charge in [0, 0.05) is 37.2 Å². The highest BCUT2D eigenvalue weighted by molar-refractivity contribution is 6.42. The van der Waals surface area contributed by atoms with Crippen LogP contribution in [0.15, 0.2) is 24.3 Å². The predicted molar refractivity (Wildman–Crippen MR) is 119 cm³/mol. The number of hydrogen-bond donors (Lipinski definition) is 1. The Morgan fingerprint density at radius 2 is 1.87 bits per heavy atom. The smallest absolute Gasteiger partial charge is 0.325 e. The van der Waals surface area contributed by atoms with E-state index in [1.54, 1.807) is 38.3 Å². The normalized spacial score (nSPS) is 18.6. The van der Waals surface area contributed by atoms with E-state index < -0.39 is 17.5 Å². The number of benzene rings is 1. The number of amides is 3. The molecule has 0 bridgehead atoms. The first-order valence-electron chi connectivity index (χ1n) is 9.88. The van der Waals surface area contributed by atoms with Crippen LogP contribution in [0.25, 0.3) is 0 Å². The lowest BCUT2D eigenvalue weighted by molar-refractivity contribution is -0.130. The van der Waals surface area contributed by atoms with Crippen LogP contribution in [-0.4, -0.2) is 47.4 Å². The SMILES string of the molecule is COCCCn1c(C)cc(C(=O)CN2C(=O)NC(C)(c3ccc(Cl)c(Cl)c3)C2=O)c1C. The molecule has 1 aliphatic heterocycles. The van der Waals surface area contributed by atoms with Crippen molar-refractivity contribution in [2.45, 2.75) is 39.3 Å². The quantitative estimate of drug-likeness (QED) is 0.361. The van der Waals surface area contributed by atoms with Crippen molar-refractivity contribution in [1.29, 1.82) is 0 Å². The number of carbonyl (C=O) groups excluding carboxylic acids is 3. The Balaban J connectivity index is 1.81. The molecule has 1 N–H and O–H groups in total. The second-order valence-electron chi connectivity index (χ2n) is 7.78. The largest absolute Gasteiger partial charge is 0.385 e. The molecule has 0 saturated carbocycles. The molecule has 7 nitrogen and oxygen atoms in total. The second-order valence-corrected chi connectivity index (χ2v) is 8.60. The van der Waals surface area contributed by atoms with Gasteiger partial charge >= 0.3 is 6.03 Å². The van der Waals surface area contributed by atoms with Gasteiger partial charge in [0.1, 0.15) is 5.54 Å². The molecule has 2 aromatic rings. The van der Waals surface area contributed by atoms with Gasteiger partial charge in [-0.15, -0.1) is 0 Å². The molecule has 0 spiro atoms. The van der Waals surface area contributed by atoms with Crippen molar-refractivity contribution < 1.29 is 19.1 Å². The fourth-order valence-corrected chi connectivity index (χ4v) is 4.16. The molecular formula is C22H25Cl2N3O4. The summed E-state index contributed by atoms with van der Waals surface area (Å²) in [4.78, 5) is 39.7. The Morgan fingerprint density at radius 1 is 1.16 bits per heavy atom. The third kappa shape index (κ3) is 4.35. The zero-order chi connectivity index (χ0) is 22.9. The number of hydrogen-bond acceptors (Lipinski definition) is 4. The fraction of sp³-hybridized carbons (Fsp3) is 0.409. The van der Waals surface area contributed by atoms with Crippen molar-refractivity contribution in [3.05, 3.63) is 56.8 Å². The van der Waals surface area contributed by atoms with E-state index >= 15 is 0 Å². The number of aryl methyl sites for hydroxylation is 1. The van der Waals surface area contributed by atoms with Crippen LogP contribution in [0.4, 0.5) is 4.79 Å². The minimum atomic E-state index is -1.33. The number of ketones is 1. The van der Waals surface area contributed by atoms with Crippen molar-refractivity contribution in [3.63, 3.8) is 0 Å². The van der Waals surface area contributed by atoms with Gasteiger partial charge in [-0.05, 0) is 51.0 Å². The van der Waals surface area contributed by atoms with Crippen molar-refractivity contribution in [2.24, 2.45) is 0 Å². The fourth-order valence-electron chi connectivity index (χ4n) is 3.87. The Bertz CT molecular complexity index is 1050. The molecule has 1 unspecified atom stereocenters. The van der Waals surface area contributed by atoms with Crippen molar-refractivity contribution in [3.8, 4) is 0 Å². The number of ether oxygens (including phenoxy) is 1. The number of nitrogens with one attached hydrogen (secondary N) is 1. The molecule has 3 amide bonds. The summed E-state index contributed by atoms with van der Waals surface area (Å²) in [5.74, 6) is -0.814. The summed E-state index contributed by atoms with van der Waals surface area (Å²) in [6.45, 7) is 6.36. The average molecular weight is 466 g/mol. The van der Waals surface area contributed by atoms with Crippen molar-refractivity contribution in [1.82, 2.24) is 14.8 Å². The van der Waals surface area contributed by atoms with E-state index in [1.807, 2.05) is 18.4 Å². The predicted octanol–water partition coefficient (Wildman–Crippen LogP) is 4.10. The van der Waals surface area contributed by atoms with E-state index in [-0.39, 0.29) is 17.4 Å². The Morgan fingerprint density at radius 3 is 2.52 bits per heavy atom. The molecule has 1 aromatic heterocycles. The summed E-state index contributed by atoms with van der Waals surface area (Å²) < 4.78 is 7.13. The van der Waals surface area contributed by atoms with Gasteiger partial charge in [0.2, 0.25) is 0 Å². The number of nitrogens with zero attached hydrogens (tertiary/aromatic N) is 2. The van der Waals surface area contributed by atoms with Crippen LogP contribution in [-0.2, 0) is 21.6 Å². The van der Waals surface area contributed by atoms with Gasteiger partial charge in [0.25, 0.3) is 5.91 Å². The number of aromatic nitrogens is 1. The summed E-state index contributed by atoms with van der Waals surface area (Å²) in [6.07, 6.45) is 0.815. The molecule has 1 saturated heterocycles. The van der Waals surface area contributed by atoms with Gasteiger partial charge in [-0.2, -0.15) is 0 Å². The maximum Gasteiger partial charge on any atom is 0.325 e. The Kier molecular flexibility index (Phi) is 6.79. The number of rotatable bonds is 8. The molecule has 1 atom stereocenters. The van der Waals surface area contributed by atoms with Crippen LogP contribution >= 0.6 is 23.2 Å². The van der Waals surface area contributed by atoms with Gasteiger partial charge in [-0.25, -0.2) is 4.79 Å². The molecule has 1 aromatic carbocycles. The molecule has 0 radical (unpaired) electrons. The topological polar surface area (TPSA) is 80.6 Å². The van der Waals surface area contributed by atoms with Crippen LogP contribution < -0.4 is 5.32 Å². The highest BCUT2D eigenvalue weighted by Gasteiger charge is 2.49. The minimum absolute atomic E-state index is 0.276. The maximum atomic E-state index is 13.1. The van der Waals surface area contributed by atoms with E-state index in [0.29, 0.717) is 22.8 Å². The van der Waals surface area contributed by atoms with Crippen LogP contribution in [0.5, 0.6) is 0 Å². The lowest BCUT2D eigenvalue weighted by atomic mass is 9.92. The summed E-state index contributed by atoms with van der Waals surface area (Å²) >= 11 is 12.0. The standard InChI is InChI=1S/C22H25Cl2N3O4/c1-13-10-16(14(2)26(13)8-5-9-31-4)19(28)12-27-20(29)22(3,25-21(27)30)15-6-7-17(23)18(24)11-15/h6-7,10-11H,5,8-9,12H2,1-4H3,(H,25,30). The van der Waals surface area contributed by atoms with E-state index in [4.69, 9.17) is 27.9 Å². The first-order valence-corrected chi connectivity index (χ1v) is 10.6. The Labute approximate surface area is 191 Å². The summed E-state index contributed by atoms with van der Waals surface area (Å²) in [5.41, 5.74) is 1.40. The van der Waals surface area contributed by atoms with E-state index in [0.717, 1.165) is 29.3 Å². The van der Waals surface area contributed by atoms with Crippen LogP contribution in [0.1, 0.15) is 40.7 Å². The average Bonchev–Trinajstić information content (AvgIpc) is 3.12. The van der Waals surface area contributed by atoms with Crippen LogP contribution in [0.2, 0.25) is 10.0 Å². The molecule has 0 aliphatic carbocycles. The lowest BCUT2D eigenvalue weighted by Gasteiger charge is -2.22. The number of methoxy groups -OCH3 is 1. The van der Waals surface area contributed by atoms with Crippen LogP contribution in [0, 0.1) is 13.8 Å². The van der Waals surface area contributed by atoms with Gasteiger partial charge in [-0.1, -0.05) is 29.3 Å². The summed E-state index contributed by atoms with van der Waals surface area (Å²) in [6, 6.07) is 5.91. The highest BCUT2D eigenvalue weighted by atomic mass is 35.5.